The molecule has 0 unspecified atom stereocenters. The predicted octanol–water partition coefficient (Wildman–Crippen LogP) is 3.72. The Balaban J connectivity index is 1.45. The highest BCUT2D eigenvalue weighted by Gasteiger charge is 2.31. The maximum atomic E-state index is 12.4. The van der Waals surface area contributed by atoms with Crippen LogP contribution in [0, 0.1) is 0 Å². The Morgan fingerprint density at radius 1 is 0.857 bits per heavy atom. The molecule has 0 saturated carbocycles. The predicted molar refractivity (Wildman–Crippen MR) is 116 cm³/mol. The quantitative estimate of drug-likeness (QED) is 0.424. The fourth-order valence-corrected chi connectivity index (χ4v) is 2.88. The van der Waals surface area contributed by atoms with Crippen molar-refractivity contribution in [2.45, 2.75) is 6.36 Å². The number of alkyl halides is 3. The van der Waals surface area contributed by atoms with Gasteiger partial charge in [-0.3, -0.25) is 19.9 Å². The lowest BCUT2D eigenvalue weighted by Crippen LogP contribution is -2.18. The summed E-state index contributed by atoms with van der Waals surface area (Å²) in [5.74, 6) is -0.767. The molecule has 0 fully saturated rings. The molecule has 0 atom stereocenters. The molecular formula is C22H15F3N6O4. The van der Waals surface area contributed by atoms with Gasteiger partial charge in [0, 0.05) is 30.9 Å². The number of carbonyl (C=O) groups is 2. The zero-order valence-electron chi connectivity index (χ0n) is 17.8. The van der Waals surface area contributed by atoms with Crippen LogP contribution in [0.15, 0.2) is 60.8 Å². The zero-order chi connectivity index (χ0) is 25.0. The second-order valence-corrected chi connectivity index (χ2v) is 6.87. The van der Waals surface area contributed by atoms with Gasteiger partial charge >= 0.3 is 6.36 Å². The summed E-state index contributed by atoms with van der Waals surface area (Å²) >= 11 is 0. The Labute approximate surface area is 195 Å². The Kier molecular flexibility index (Phi) is 6.40. The van der Waals surface area contributed by atoms with E-state index in [0.717, 1.165) is 12.1 Å². The first-order valence-electron chi connectivity index (χ1n) is 9.88. The molecule has 2 amide bonds. The van der Waals surface area contributed by atoms with E-state index >= 15 is 0 Å². The van der Waals surface area contributed by atoms with Gasteiger partial charge in [-0.15, -0.1) is 23.4 Å². The standard InChI is InChI=1S/C22H15F3N6O4/c1-26-20(33)18-11-15(8-9-27-18)34-14-6-7-16-17(10-14)30-31-21(28-16)29-19(32)12-2-4-13(5-3-12)35-22(23,24)25/h2-11H,1H3,(H,26,33)(H,28,29,31,32). The van der Waals surface area contributed by atoms with E-state index in [1.807, 2.05) is 0 Å². The van der Waals surface area contributed by atoms with Gasteiger partial charge < -0.3 is 14.8 Å². The fourth-order valence-electron chi connectivity index (χ4n) is 2.88. The van der Waals surface area contributed by atoms with E-state index in [0.29, 0.717) is 22.5 Å². The van der Waals surface area contributed by atoms with Crippen molar-refractivity contribution < 1.29 is 32.2 Å². The second-order valence-electron chi connectivity index (χ2n) is 6.87. The smallest absolute Gasteiger partial charge is 0.457 e. The second kappa shape index (κ2) is 9.59. The van der Waals surface area contributed by atoms with Crippen LogP contribution in [-0.2, 0) is 0 Å². The summed E-state index contributed by atoms with van der Waals surface area (Å²) in [4.78, 5) is 32.3. The molecule has 2 heterocycles. The van der Waals surface area contributed by atoms with Crippen molar-refractivity contribution in [1.29, 1.82) is 0 Å². The number of aromatic nitrogens is 4. The molecular weight excluding hydrogens is 469 g/mol. The molecule has 0 saturated heterocycles. The van der Waals surface area contributed by atoms with Gasteiger partial charge in [0.15, 0.2) is 0 Å². The maximum Gasteiger partial charge on any atom is 0.573 e. The van der Waals surface area contributed by atoms with E-state index in [1.165, 1.54) is 31.4 Å². The first-order chi connectivity index (χ1) is 16.7. The number of rotatable bonds is 6. The zero-order valence-corrected chi connectivity index (χ0v) is 17.8. The Morgan fingerprint density at radius 2 is 1.57 bits per heavy atom. The first kappa shape index (κ1) is 23.4. The molecule has 13 heteroatoms. The lowest BCUT2D eigenvalue weighted by molar-refractivity contribution is -0.274. The molecule has 0 bridgehead atoms. The average molecular weight is 484 g/mol. The van der Waals surface area contributed by atoms with Crippen LogP contribution in [0.2, 0.25) is 0 Å². The molecule has 10 nitrogen and oxygen atoms in total. The minimum atomic E-state index is -4.83. The van der Waals surface area contributed by atoms with Crippen LogP contribution in [0.5, 0.6) is 17.2 Å². The number of fused-ring (bicyclic) bond motifs is 1. The van der Waals surface area contributed by atoms with Crippen LogP contribution >= 0.6 is 0 Å². The van der Waals surface area contributed by atoms with Gasteiger partial charge in [-0.25, -0.2) is 4.98 Å². The number of nitrogens with zero attached hydrogens (tertiary/aromatic N) is 4. The monoisotopic (exact) mass is 484 g/mol. The van der Waals surface area contributed by atoms with Crippen molar-refractivity contribution in [3.63, 3.8) is 0 Å². The van der Waals surface area contributed by atoms with Crippen molar-refractivity contribution in [2.75, 3.05) is 12.4 Å². The van der Waals surface area contributed by atoms with Crippen LogP contribution < -0.4 is 20.1 Å². The van der Waals surface area contributed by atoms with Crippen LogP contribution in [0.25, 0.3) is 11.0 Å². The molecule has 0 aliphatic carbocycles. The highest BCUT2D eigenvalue weighted by Crippen LogP contribution is 2.25. The van der Waals surface area contributed by atoms with Gasteiger partial charge in [-0.2, -0.15) is 0 Å². The third kappa shape index (κ3) is 5.96. The lowest BCUT2D eigenvalue weighted by Gasteiger charge is -2.09. The number of hydrogen-bond donors (Lipinski definition) is 2. The molecule has 0 aliphatic rings. The minimum absolute atomic E-state index is 0.0699. The maximum absolute atomic E-state index is 12.4. The minimum Gasteiger partial charge on any atom is -0.457 e. The van der Waals surface area contributed by atoms with Crippen molar-refractivity contribution in [3.05, 3.63) is 72.1 Å². The number of benzene rings is 2. The summed E-state index contributed by atoms with van der Waals surface area (Å²) in [6.07, 6.45) is -3.39. The number of nitrogens with one attached hydrogen (secondary N) is 2. The lowest BCUT2D eigenvalue weighted by atomic mass is 10.2. The van der Waals surface area contributed by atoms with E-state index in [2.05, 4.69) is 35.5 Å². The van der Waals surface area contributed by atoms with E-state index in [4.69, 9.17) is 4.74 Å². The molecule has 2 N–H and O–H groups in total. The Bertz CT molecular complexity index is 1400. The number of amides is 2. The van der Waals surface area contributed by atoms with E-state index in [9.17, 15) is 22.8 Å². The average Bonchev–Trinajstić information content (AvgIpc) is 2.83. The third-order valence-electron chi connectivity index (χ3n) is 4.43. The normalized spacial score (nSPS) is 11.1. The summed E-state index contributed by atoms with van der Waals surface area (Å²) in [7, 11) is 1.49. The number of pyridine rings is 1. The highest BCUT2D eigenvalue weighted by atomic mass is 19.4. The number of halogens is 3. The van der Waals surface area contributed by atoms with Crippen molar-refractivity contribution in [1.82, 2.24) is 25.5 Å². The topological polar surface area (TPSA) is 128 Å². The van der Waals surface area contributed by atoms with Gasteiger partial charge in [0.1, 0.15) is 28.5 Å². The third-order valence-corrected chi connectivity index (χ3v) is 4.43. The fraction of sp³-hybridized carbons (Fsp3) is 0.0909. The van der Waals surface area contributed by atoms with Crippen LogP contribution in [0.3, 0.4) is 0 Å². The molecule has 4 rings (SSSR count). The van der Waals surface area contributed by atoms with E-state index in [-0.39, 0.29) is 23.1 Å². The summed E-state index contributed by atoms with van der Waals surface area (Å²) in [6, 6.07) is 12.2. The van der Waals surface area contributed by atoms with E-state index < -0.39 is 18.0 Å². The van der Waals surface area contributed by atoms with Crippen molar-refractivity contribution in [2.24, 2.45) is 0 Å². The van der Waals surface area contributed by atoms with Gasteiger partial charge in [0.25, 0.3) is 11.8 Å². The van der Waals surface area contributed by atoms with Crippen molar-refractivity contribution in [3.8, 4) is 17.2 Å². The van der Waals surface area contributed by atoms with E-state index in [1.54, 1.807) is 24.3 Å². The van der Waals surface area contributed by atoms with Crippen LogP contribution in [-0.4, -0.2) is 45.4 Å². The molecule has 0 radical (unpaired) electrons. The number of carbonyl (C=O) groups excluding carboxylic acids is 2. The summed E-state index contributed by atoms with van der Waals surface area (Å²) in [5.41, 5.74) is 1.03. The summed E-state index contributed by atoms with van der Waals surface area (Å²) < 4.78 is 46.3. The molecule has 0 spiro atoms. The first-order valence-corrected chi connectivity index (χ1v) is 9.88. The molecule has 4 aromatic rings. The van der Waals surface area contributed by atoms with Crippen LogP contribution in [0.4, 0.5) is 19.1 Å². The molecule has 2 aromatic heterocycles. The van der Waals surface area contributed by atoms with Crippen molar-refractivity contribution >= 4 is 28.8 Å². The highest BCUT2D eigenvalue weighted by molar-refractivity contribution is 6.03. The summed E-state index contributed by atoms with van der Waals surface area (Å²) in [6.45, 7) is 0. The van der Waals surface area contributed by atoms with Crippen LogP contribution in [0.1, 0.15) is 20.8 Å². The number of hydrogen-bond acceptors (Lipinski definition) is 8. The Hall–Kier alpha value is -4.81. The largest absolute Gasteiger partial charge is 0.573 e. The Morgan fingerprint density at radius 3 is 2.29 bits per heavy atom. The van der Waals surface area contributed by atoms with Gasteiger partial charge in [-0.1, -0.05) is 0 Å². The summed E-state index contributed by atoms with van der Waals surface area (Å²) in [5, 5.41) is 12.8. The van der Waals surface area contributed by atoms with Gasteiger partial charge in [0.05, 0.1) is 5.52 Å². The van der Waals surface area contributed by atoms with Gasteiger partial charge in [-0.05, 0) is 42.5 Å². The number of ether oxygens (including phenoxy) is 2. The number of anilines is 1. The van der Waals surface area contributed by atoms with Gasteiger partial charge in [0.2, 0.25) is 5.95 Å². The SMILES string of the molecule is CNC(=O)c1cc(Oc2ccc3nc(NC(=O)c4ccc(OC(F)(F)F)cc4)nnc3c2)ccn1. The molecule has 178 valence electrons. The molecule has 35 heavy (non-hydrogen) atoms. The molecule has 0 aliphatic heterocycles. The molecule has 2 aromatic carbocycles.